The van der Waals surface area contributed by atoms with Crippen molar-refractivity contribution in [2.24, 2.45) is 5.92 Å². The number of H-pyrrole nitrogens is 1. The molecule has 34 heavy (non-hydrogen) atoms. The summed E-state index contributed by atoms with van der Waals surface area (Å²) in [7, 11) is 1.60. The van der Waals surface area contributed by atoms with E-state index >= 15 is 0 Å². The van der Waals surface area contributed by atoms with Crippen molar-refractivity contribution in [1.29, 1.82) is 0 Å². The Labute approximate surface area is 208 Å². The van der Waals surface area contributed by atoms with Crippen LogP contribution in [0.15, 0.2) is 58.3 Å². The number of benzene rings is 2. The number of rotatable bonds is 7. The molecule has 1 saturated carbocycles. The van der Waals surface area contributed by atoms with Gasteiger partial charge in [0.2, 0.25) is 0 Å². The number of ether oxygens (including phenoxy) is 2. The van der Waals surface area contributed by atoms with Crippen molar-refractivity contribution < 1.29 is 19.7 Å². The molecule has 1 aliphatic heterocycles. The first-order valence-electron chi connectivity index (χ1n) is 11.7. The molecule has 1 aromatic heterocycles. The van der Waals surface area contributed by atoms with Crippen LogP contribution >= 0.6 is 23.4 Å². The maximum Gasteiger partial charge on any atom is 0.191 e. The number of methoxy groups -OCH3 is 1. The summed E-state index contributed by atoms with van der Waals surface area (Å²) in [6, 6.07) is 13.5. The first kappa shape index (κ1) is 23.5. The molecule has 0 spiro atoms. The maximum atomic E-state index is 11.1. The summed E-state index contributed by atoms with van der Waals surface area (Å²) in [6.07, 6.45) is 4.95. The van der Waals surface area contributed by atoms with Gasteiger partial charge in [0.15, 0.2) is 11.4 Å². The zero-order chi connectivity index (χ0) is 23.7. The van der Waals surface area contributed by atoms with Gasteiger partial charge in [-0.25, -0.2) is 4.98 Å². The molecule has 3 N–H and O–H groups in total. The zero-order valence-electron chi connectivity index (χ0n) is 19.1. The van der Waals surface area contributed by atoms with Gasteiger partial charge in [0.05, 0.1) is 33.7 Å². The van der Waals surface area contributed by atoms with E-state index in [0.29, 0.717) is 33.7 Å². The molecule has 2 unspecified atom stereocenters. The number of thioether (sulfide) groups is 1. The molecule has 0 saturated heterocycles. The Bertz CT molecular complexity index is 1170. The van der Waals surface area contributed by atoms with Crippen LogP contribution in [0.1, 0.15) is 44.1 Å². The third-order valence-electron chi connectivity index (χ3n) is 7.05. The first-order valence-corrected chi connectivity index (χ1v) is 12.9. The smallest absolute Gasteiger partial charge is 0.191 e. The molecule has 0 radical (unpaired) electrons. The molecule has 5 rings (SSSR count). The number of aryl methyl sites for hydroxylation is 1. The van der Waals surface area contributed by atoms with E-state index in [-0.39, 0.29) is 11.7 Å². The second-order valence-corrected chi connectivity index (χ2v) is 10.6. The van der Waals surface area contributed by atoms with E-state index in [9.17, 15) is 10.2 Å². The van der Waals surface area contributed by atoms with Crippen LogP contribution in [0, 0.1) is 5.92 Å². The fourth-order valence-corrected chi connectivity index (χ4v) is 6.42. The van der Waals surface area contributed by atoms with E-state index in [2.05, 4.69) is 9.97 Å². The lowest BCUT2D eigenvalue weighted by atomic mass is 9.77. The average Bonchev–Trinajstić information content (AvgIpc) is 3.50. The minimum absolute atomic E-state index is 0.184. The number of para-hydroxylation sites is 2. The highest BCUT2D eigenvalue weighted by Gasteiger charge is 2.47. The third kappa shape index (κ3) is 4.67. The zero-order valence-corrected chi connectivity index (χ0v) is 20.7. The third-order valence-corrected chi connectivity index (χ3v) is 8.39. The minimum atomic E-state index is -1.20. The Balaban J connectivity index is 1.38. The van der Waals surface area contributed by atoms with Gasteiger partial charge in [-0.15, -0.1) is 0 Å². The lowest BCUT2D eigenvalue weighted by Crippen LogP contribution is -2.47. The topological polar surface area (TPSA) is 87.6 Å². The number of imidazole rings is 1. The fourth-order valence-electron chi connectivity index (χ4n) is 5.29. The van der Waals surface area contributed by atoms with Crippen LogP contribution in [0.4, 0.5) is 0 Å². The van der Waals surface area contributed by atoms with Crippen LogP contribution in [0.5, 0.6) is 5.75 Å². The maximum absolute atomic E-state index is 11.1. The Hall–Kier alpha value is -2.19. The average molecular weight is 501 g/mol. The lowest BCUT2D eigenvalue weighted by molar-refractivity contribution is -0.201. The van der Waals surface area contributed by atoms with Gasteiger partial charge in [-0.05, 0) is 73.2 Å². The highest BCUT2D eigenvalue weighted by atomic mass is 35.5. The summed E-state index contributed by atoms with van der Waals surface area (Å²) in [5.41, 5.74) is 2.21. The molecule has 0 amide bonds. The van der Waals surface area contributed by atoms with Gasteiger partial charge in [0.1, 0.15) is 11.5 Å². The molecular formula is C26H29ClN2O4S. The highest BCUT2D eigenvalue weighted by molar-refractivity contribution is 8.03. The molecule has 3 aromatic rings. The van der Waals surface area contributed by atoms with E-state index in [0.717, 1.165) is 48.7 Å². The predicted octanol–water partition coefficient (Wildman–Crippen LogP) is 6.39. The van der Waals surface area contributed by atoms with Crippen molar-refractivity contribution in [3.05, 3.63) is 63.7 Å². The van der Waals surface area contributed by atoms with Gasteiger partial charge in [-0.3, -0.25) is 0 Å². The summed E-state index contributed by atoms with van der Waals surface area (Å²) in [5.74, 6) is 1.12. The van der Waals surface area contributed by atoms with Crippen LogP contribution in [0.2, 0.25) is 5.02 Å². The molecule has 8 heteroatoms. The molecule has 0 bridgehead atoms. The Morgan fingerprint density at radius 1 is 1.24 bits per heavy atom. The summed E-state index contributed by atoms with van der Waals surface area (Å²) in [5, 5.41) is 23.4. The number of aromatic amines is 1. The van der Waals surface area contributed by atoms with Crippen molar-refractivity contribution >= 4 is 34.4 Å². The SMILES string of the molecule is COc1ccc(CCC2(C3CCCC3)CC(O)=C(Sc3nc4ccccc4[nH]3)C(O)O2)cc1Cl. The second kappa shape index (κ2) is 9.82. The highest BCUT2D eigenvalue weighted by Crippen LogP contribution is 2.49. The number of aliphatic hydroxyl groups is 2. The summed E-state index contributed by atoms with van der Waals surface area (Å²) < 4.78 is 11.7. The number of fused-ring (bicyclic) bond motifs is 1. The minimum Gasteiger partial charge on any atom is -0.511 e. The van der Waals surface area contributed by atoms with Gasteiger partial charge in [-0.2, -0.15) is 0 Å². The molecule has 180 valence electrons. The monoisotopic (exact) mass is 500 g/mol. The van der Waals surface area contributed by atoms with E-state index in [1.165, 1.54) is 11.8 Å². The number of nitrogens with zero attached hydrogens (tertiary/aromatic N) is 1. The predicted molar refractivity (Wildman–Crippen MR) is 134 cm³/mol. The van der Waals surface area contributed by atoms with Crippen molar-refractivity contribution in [2.45, 2.75) is 62.0 Å². The van der Waals surface area contributed by atoms with Crippen LogP contribution in [-0.2, 0) is 11.2 Å². The van der Waals surface area contributed by atoms with E-state index < -0.39 is 11.9 Å². The summed E-state index contributed by atoms with van der Waals surface area (Å²) in [6.45, 7) is 0. The van der Waals surface area contributed by atoms with Gasteiger partial charge >= 0.3 is 0 Å². The molecule has 2 aromatic carbocycles. The standard InChI is InChI=1S/C26H29ClN2O4S/c1-32-22-11-10-16(14-18(22)27)12-13-26(17-6-2-3-7-17)15-21(30)23(24(31)33-26)34-25-28-19-8-4-5-9-20(19)29-25/h4-5,8-11,14,17,24,30-31H,2-3,6-7,12-13,15H2,1H3,(H,28,29). The summed E-state index contributed by atoms with van der Waals surface area (Å²) >= 11 is 7.56. The van der Waals surface area contributed by atoms with Gasteiger partial charge in [-0.1, -0.05) is 42.6 Å². The lowest BCUT2D eigenvalue weighted by Gasteiger charge is -2.44. The quantitative estimate of drug-likeness (QED) is 0.348. The molecule has 1 fully saturated rings. The van der Waals surface area contributed by atoms with Crippen LogP contribution < -0.4 is 4.74 Å². The number of hydrogen-bond donors (Lipinski definition) is 3. The number of aromatic nitrogens is 2. The normalized spacial score (nSPS) is 23.7. The van der Waals surface area contributed by atoms with Gasteiger partial charge in [0, 0.05) is 6.42 Å². The second-order valence-electron chi connectivity index (χ2n) is 9.13. The molecule has 2 heterocycles. The number of halogens is 1. The van der Waals surface area contributed by atoms with Gasteiger partial charge in [0.25, 0.3) is 0 Å². The van der Waals surface area contributed by atoms with Crippen LogP contribution in [0.3, 0.4) is 0 Å². The Morgan fingerprint density at radius 2 is 2.03 bits per heavy atom. The van der Waals surface area contributed by atoms with Crippen molar-refractivity contribution in [3.8, 4) is 5.75 Å². The van der Waals surface area contributed by atoms with E-state index in [1.807, 2.05) is 42.5 Å². The molecule has 1 aliphatic carbocycles. The molecule has 6 nitrogen and oxygen atoms in total. The number of nitrogens with one attached hydrogen (secondary N) is 1. The van der Waals surface area contributed by atoms with Crippen LogP contribution in [0.25, 0.3) is 11.0 Å². The van der Waals surface area contributed by atoms with Crippen molar-refractivity contribution in [3.63, 3.8) is 0 Å². The largest absolute Gasteiger partial charge is 0.511 e. The van der Waals surface area contributed by atoms with Crippen molar-refractivity contribution in [2.75, 3.05) is 7.11 Å². The number of hydrogen-bond acceptors (Lipinski definition) is 6. The fraction of sp³-hybridized carbons (Fsp3) is 0.423. The molecule has 2 atom stereocenters. The Kier molecular flexibility index (Phi) is 6.80. The van der Waals surface area contributed by atoms with E-state index in [1.54, 1.807) is 7.11 Å². The van der Waals surface area contributed by atoms with Gasteiger partial charge < -0.3 is 24.7 Å². The summed E-state index contributed by atoms with van der Waals surface area (Å²) in [4.78, 5) is 8.20. The molecular weight excluding hydrogens is 472 g/mol. The Morgan fingerprint density at radius 3 is 2.74 bits per heavy atom. The van der Waals surface area contributed by atoms with E-state index in [4.69, 9.17) is 21.1 Å². The first-order chi connectivity index (χ1) is 16.5. The van der Waals surface area contributed by atoms with Crippen molar-refractivity contribution in [1.82, 2.24) is 9.97 Å². The van der Waals surface area contributed by atoms with Crippen LogP contribution in [-0.4, -0.2) is 39.2 Å². The number of aliphatic hydroxyl groups excluding tert-OH is 2. The molecule has 2 aliphatic rings.